The molecule has 1 fully saturated rings. The minimum absolute atomic E-state index is 0.121. The SMILES string of the molecule is Fc1ccc(-n2cccc2[C@@H]2[C@H](c3ccccn3)NC(=S)N2Cc2ccccn2)cc1. The first-order valence-electron chi connectivity index (χ1n) is 10.0. The van der Waals surface area contributed by atoms with Crippen LogP contribution in [-0.4, -0.2) is 24.5 Å². The maximum Gasteiger partial charge on any atom is 0.170 e. The molecule has 1 aromatic carbocycles. The lowest BCUT2D eigenvalue weighted by atomic mass is 10.0. The Morgan fingerprint density at radius 3 is 2.39 bits per heavy atom. The summed E-state index contributed by atoms with van der Waals surface area (Å²) < 4.78 is 15.6. The van der Waals surface area contributed by atoms with Gasteiger partial charge < -0.3 is 14.8 Å². The Kier molecular flexibility index (Phi) is 5.18. The summed E-state index contributed by atoms with van der Waals surface area (Å²) in [5.74, 6) is -0.260. The highest BCUT2D eigenvalue weighted by Crippen LogP contribution is 2.40. The molecule has 5 nitrogen and oxygen atoms in total. The Morgan fingerprint density at radius 1 is 0.903 bits per heavy atom. The van der Waals surface area contributed by atoms with E-state index in [1.807, 2.05) is 48.7 Å². The average molecular weight is 430 g/mol. The molecule has 5 rings (SSSR count). The minimum atomic E-state index is -0.260. The Labute approximate surface area is 185 Å². The molecule has 2 atom stereocenters. The Hall–Kier alpha value is -3.58. The van der Waals surface area contributed by atoms with Crippen LogP contribution in [0.3, 0.4) is 0 Å². The van der Waals surface area contributed by atoms with Gasteiger partial charge in [0.05, 0.1) is 30.0 Å². The third kappa shape index (κ3) is 3.80. The highest BCUT2D eigenvalue weighted by atomic mass is 32.1. The van der Waals surface area contributed by atoms with Gasteiger partial charge in [-0.1, -0.05) is 12.1 Å². The molecule has 31 heavy (non-hydrogen) atoms. The summed E-state index contributed by atoms with van der Waals surface area (Å²) in [5, 5.41) is 4.11. The first-order chi connectivity index (χ1) is 15.2. The van der Waals surface area contributed by atoms with Gasteiger partial charge in [-0.2, -0.15) is 0 Å². The molecule has 0 amide bonds. The van der Waals surface area contributed by atoms with Crippen LogP contribution in [0.25, 0.3) is 5.69 Å². The van der Waals surface area contributed by atoms with Crippen molar-refractivity contribution in [2.24, 2.45) is 0 Å². The first kappa shape index (κ1) is 19.4. The zero-order valence-corrected chi connectivity index (χ0v) is 17.4. The van der Waals surface area contributed by atoms with Gasteiger partial charge in [0.25, 0.3) is 0 Å². The maximum absolute atomic E-state index is 13.5. The van der Waals surface area contributed by atoms with Crippen LogP contribution < -0.4 is 5.32 Å². The number of thiocarbonyl (C=S) groups is 1. The monoisotopic (exact) mass is 429 g/mol. The van der Waals surface area contributed by atoms with Crippen molar-refractivity contribution in [3.05, 3.63) is 114 Å². The third-order valence-electron chi connectivity index (χ3n) is 5.44. The molecule has 4 heterocycles. The molecule has 0 saturated carbocycles. The van der Waals surface area contributed by atoms with E-state index in [1.54, 1.807) is 24.5 Å². The van der Waals surface area contributed by atoms with E-state index in [9.17, 15) is 4.39 Å². The number of aromatic nitrogens is 3. The normalized spacial score (nSPS) is 18.2. The summed E-state index contributed by atoms with van der Waals surface area (Å²) >= 11 is 5.75. The lowest BCUT2D eigenvalue weighted by Crippen LogP contribution is -2.30. The molecule has 0 spiro atoms. The van der Waals surface area contributed by atoms with E-state index in [4.69, 9.17) is 12.2 Å². The lowest BCUT2D eigenvalue weighted by molar-refractivity contribution is 0.299. The average Bonchev–Trinajstić information content (AvgIpc) is 3.40. The van der Waals surface area contributed by atoms with E-state index in [-0.39, 0.29) is 17.9 Å². The first-order valence-corrected chi connectivity index (χ1v) is 10.4. The second-order valence-corrected chi connectivity index (χ2v) is 7.74. The quantitative estimate of drug-likeness (QED) is 0.471. The van der Waals surface area contributed by atoms with Crippen LogP contribution in [0, 0.1) is 5.82 Å². The summed E-state index contributed by atoms with van der Waals surface area (Å²) in [6, 6.07) is 22.1. The van der Waals surface area contributed by atoms with Gasteiger partial charge in [-0.3, -0.25) is 9.97 Å². The molecular weight excluding hydrogens is 409 g/mol. The molecule has 1 aliphatic heterocycles. The fourth-order valence-electron chi connectivity index (χ4n) is 4.04. The summed E-state index contributed by atoms with van der Waals surface area (Å²) in [7, 11) is 0. The number of halogens is 1. The molecule has 154 valence electrons. The topological polar surface area (TPSA) is 46.0 Å². The summed E-state index contributed by atoms with van der Waals surface area (Å²) in [4.78, 5) is 11.2. The third-order valence-corrected chi connectivity index (χ3v) is 5.80. The number of benzene rings is 1. The fourth-order valence-corrected chi connectivity index (χ4v) is 4.34. The van der Waals surface area contributed by atoms with Crippen molar-refractivity contribution >= 4 is 17.3 Å². The summed E-state index contributed by atoms with van der Waals surface area (Å²) in [6.07, 6.45) is 5.56. The molecule has 0 radical (unpaired) electrons. The van der Waals surface area contributed by atoms with Crippen molar-refractivity contribution in [1.82, 2.24) is 24.8 Å². The number of hydrogen-bond donors (Lipinski definition) is 1. The van der Waals surface area contributed by atoms with Crippen molar-refractivity contribution in [1.29, 1.82) is 0 Å². The number of pyridine rings is 2. The van der Waals surface area contributed by atoms with Gasteiger partial charge in [0, 0.05) is 30.0 Å². The van der Waals surface area contributed by atoms with E-state index in [1.165, 1.54) is 12.1 Å². The zero-order chi connectivity index (χ0) is 21.2. The molecule has 1 N–H and O–H groups in total. The Balaban J connectivity index is 1.60. The molecule has 0 unspecified atom stereocenters. The van der Waals surface area contributed by atoms with Gasteiger partial charge in [0.1, 0.15) is 5.82 Å². The molecule has 7 heteroatoms. The molecule has 1 saturated heterocycles. The van der Waals surface area contributed by atoms with Crippen LogP contribution in [0.1, 0.15) is 29.2 Å². The second-order valence-electron chi connectivity index (χ2n) is 7.36. The van der Waals surface area contributed by atoms with Crippen LogP contribution >= 0.6 is 12.2 Å². The largest absolute Gasteiger partial charge is 0.352 e. The van der Waals surface area contributed by atoms with Gasteiger partial charge >= 0.3 is 0 Å². The van der Waals surface area contributed by atoms with Gasteiger partial charge in [0.2, 0.25) is 0 Å². The Morgan fingerprint density at radius 2 is 1.68 bits per heavy atom. The zero-order valence-electron chi connectivity index (χ0n) is 16.6. The predicted octanol–water partition coefficient (Wildman–Crippen LogP) is 4.58. The molecule has 4 aromatic rings. The lowest BCUT2D eigenvalue weighted by Gasteiger charge is -2.28. The molecule has 3 aromatic heterocycles. The van der Waals surface area contributed by atoms with E-state index in [2.05, 4.69) is 30.8 Å². The highest BCUT2D eigenvalue weighted by molar-refractivity contribution is 7.80. The van der Waals surface area contributed by atoms with Crippen LogP contribution in [0.4, 0.5) is 4.39 Å². The van der Waals surface area contributed by atoms with Crippen LogP contribution in [0.15, 0.2) is 91.4 Å². The van der Waals surface area contributed by atoms with Gasteiger partial charge in [-0.15, -0.1) is 0 Å². The summed E-state index contributed by atoms with van der Waals surface area (Å²) in [5.41, 5.74) is 3.76. The fraction of sp³-hybridized carbons (Fsp3) is 0.125. The van der Waals surface area contributed by atoms with Gasteiger partial charge in [-0.05, 0) is 72.9 Å². The van der Waals surface area contributed by atoms with Gasteiger partial charge in [0.15, 0.2) is 5.11 Å². The van der Waals surface area contributed by atoms with E-state index < -0.39 is 0 Å². The van der Waals surface area contributed by atoms with E-state index >= 15 is 0 Å². The van der Waals surface area contributed by atoms with E-state index in [0.29, 0.717) is 11.7 Å². The standard InChI is InChI=1S/C24H20FN5S/c25-17-9-11-19(12-10-17)29-15-5-8-21(29)23-22(20-7-2-4-14-27-20)28-24(31)30(23)16-18-6-1-3-13-26-18/h1-15,22-23H,16H2,(H,28,31)/t22-,23+/m0/s1. The van der Waals surface area contributed by atoms with Crippen molar-refractivity contribution in [3.8, 4) is 5.69 Å². The maximum atomic E-state index is 13.5. The smallest absolute Gasteiger partial charge is 0.170 e. The van der Waals surface area contributed by atoms with Crippen LogP contribution in [-0.2, 0) is 6.54 Å². The number of hydrogen-bond acceptors (Lipinski definition) is 3. The highest BCUT2D eigenvalue weighted by Gasteiger charge is 2.41. The van der Waals surface area contributed by atoms with Gasteiger partial charge in [-0.25, -0.2) is 4.39 Å². The second kappa shape index (κ2) is 8.28. The summed E-state index contributed by atoms with van der Waals surface area (Å²) in [6.45, 7) is 0.565. The molecule has 0 bridgehead atoms. The number of rotatable bonds is 5. The van der Waals surface area contributed by atoms with Crippen molar-refractivity contribution in [3.63, 3.8) is 0 Å². The Bertz CT molecular complexity index is 1180. The predicted molar refractivity (Wildman–Crippen MR) is 121 cm³/mol. The number of nitrogens with one attached hydrogen (secondary N) is 1. The molecular formula is C24H20FN5S. The minimum Gasteiger partial charge on any atom is -0.352 e. The van der Waals surface area contributed by atoms with E-state index in [0.717, 1.165) is 22.8 Å². The van der Waals surface area contributed by atoms with Crippen LogP contribution in [0.5, 0.6) is 0 Å². The molecule has 1 aliphatic rings. The van der Waals surface area contributed by atoms with Crippen molar-refractivity contribution in [2.75, 3.05) is 0 Å². The van der Waals surface area contributed by atoms with Crippen molar-refractivity contribution in [2.45, 2.75) is 18.6 Å². The number of nitrogens with zero attached hydrogens (tertiary/aromatic N) is 4. The van der Waals surface area contributed by atoms with Crippen LogP contribution in [0.2, 0.25) is 0 Å². The molecule has 0 aliphatic carbocycles. The van der Waals surface area contributed by atoms with Crippen molar-refractivity contribution < 1.29 is 4.39 Å².